The number of rotatable bonds is 3. The number of esters is 1. The van der Waals surface area contributed by atoms with E-state index in [4.69, 9.17) is 16.3 Å². The van der Waals surface area contributed by atoms with E-state index >= 15 is 0 Å². The Morgan fingerprint density at radius 3 is 2.67 bits per heavy atom. The number of carbonyl (C=O) groups excluding carboxylic acids is 1. The molecule has 2 aromatic rings. The lowest BCUT2D eigenvalue weighted by Crippen LogP contribution is -2.31. The zero-order valence-corrected chi connectivity index (χ0v) is 14.1. The predicted octanol–water partition coefficient (Wildman–Crippen LogP) is 3.39. The molecule has 0 saturated carbocycles. The normalized spacial score (nSPS) is 13.4. The van der Waals surface area contributed by atoms with Gasteiger partial charge in [0.1, 0.15) is 11.3 Å². The van der Waals surface area contributed by atoms with E-state index in [1.165, 1.54) is 0 Å². The number of aromatic hydroxyl groups is 1. The van der Waals surface area contributed by atoms with E-state index < -0.39 is 5.97 Å². The number of hydrogen-bond donors (Lipinski definition) is 1. The standard InChI is InChI=1S/C18H18ClNO4/c1-2-24-18(23)15-13-5-3-4-10-20(13)17(22)14(16(15)21)11-6-8-12(19)9-7-11/h6-9,21H,2-5,10H2,1H3. The Morgan fingerprint density at radius 2 is 2.00 bits per heavy atom. The van der Waals surface area contributed by atoms with Crippen LogP contribution in [-0.2, 0) is 17.7 Å². The molecule has 1 aliphatic rings. The highest BCUT2D eigenvalue weighted by Crippen LogP contribution is 2.34. The summed E-state index contributed by atoms with van der Waals surface area (Å²) in [7, 11) is 0. The molecule has 0 fully saturated rings. The van der Waals surface area contributed by atoms with Crippen molar-refractivity contribution in [1.29, 1.82) is 0 Å². The lowest BCUT2D eigenvalue weighted by molar-refractivity contribution is 0.0519. The van der Waals surface area contributed by atoms with E-state index in [0.29, 0.717) is 29.2 Å². The van der Waals surface area contributed by atoms with Crippen LogP contribution in [0.2, 0.25) is 5.02 Å². The highest BCUT2D eigenvalue weighted by molar-refractivity contribution is 6.30. The minimum absolute atomic E-state index is 0.0982. The second-order valence-corrected chi connectivity index (χ2v) is 6.12. The van der Waals surface area contributed by atoms with Crippen molar-refractivity contribution in [3.05, 3.63) is 50.9 Å². The first-order valence-electron chi connectivity index (χ1n) is 7.96. The van der Waals surface area contributed by atoms with E-state index in [9.17, 15) is 14.7 Å². The Balaban J connectivity index is 2.30. The Labute approximate surface area is 144 Å². The molecule has 5 nitrogen and oxygen atoms in total. The molecule has 0 bridgehead atoms. The summed E-state index contributed by atoms with van der Waals surface area (Å²) < 4.78 is 6.67. The number of carbonyl (C=O) groups is 1. The molecule has 6 heteroatoms. The van der Waals surface area contributed by atoms with Crippen molar-refractivity contribution >= 4 is 17.6 Å². The lowest BCUT2D eigenvalue weighted by atomic mass is 9.97. The molecule has 1 N–H and O–H groups in total. The van der Waals surface area contributed by atoms with Crippen molar-refractivity contribution in [3.63, 3.8) is 0 Å². The zero-order chi connectivity index (χ0) is 17.3. The summed E-state index contributed by atoms with van der Waals surface area (Å²) in [4.78, 5) is 25.2. The van der Waals surface area contributed by atoms with Gasteiger partial charge in [-0.15, -0.1) is 0 Å². The summed E-state index contributed by atoms with van der Waals surface area (Å²) in [6.45, 7) is 2.44. The van der Waals surface area contributed by atoms with E-state index in [2.05, 4.69) is 0 Å². The fourth-order valence-electron chi connectivity index (χ4n) is 3.11. The smallest absolute Gasteiger partial charge is 0.343 e. The van der Waals surface area contributed by atoms with E-state index in [-0.39, 0.29) is 29.0 Å². The molecule has 0 radical (unpaired) electrons. The summed E-state index contributed by atoms with van der Waals surface area (Å²) in [5, 5.41) is 11.2. The van der Waals surface area contributed by atoms with Gasteiger partial charge >= 0.3 is 5.97 Å². The van der Waals surface area contributed by atoms with Crippen LogP contribution in [0.25, 0.3) is 11.1 Å². The first kappa shape index (κ1) is 16.6. The topological polar surface area (TPSA) is 68.5 Å². The molecule has 0 spiro atoms. The van der Waals surface area contributed by atoms with Gasteiger partial charge in [-0.1, -0.05) is 23.7 Å². The third kappa shape index (κ3) is 2.80. The number of benzene rings is 1. The van der Waals surface area contributed by atoms with Crippen LogP contribution in [0.5, 0.6) is 5.75 Å². The van der Waals surface area contributed by atoms with E-state index in [0.717, 1.165) is 12.8 Å². The second kappa shape index (κ2) is 6.69. The molecular formula is C18H18ClNO4. The van der Waals surface area contributed by atoms with Crippen LogP contribution in [0, 0.1) is 0 Å². The number of hydrogen-bond acceptors (Lipinski definition) is 4. The Kier molecular flexibility index (Phi) is 4.62. The van der Waals surface area contributed by atoms with Gasteiger partial charge in [0, 0.05) is 17.3 Å². The second-order valence-electron chi connectivity index (χ2n) is 5.69. The van der Waals surface area contributed by atoms with Gasteiger partial charge in [-0.3, -0.25) is 4.79 Å². The summed E-state index contributed by atoms with van der Waals surface area (Å²) in [5.41, 5.74) is 0.993. The SMILES string of the molecule is CCOC(=O)c1c(O)c(-c2ccc(Cl)cc2)c(=O)n2c1CCCC2. The molecule has 2 heterocycles. The first-order chi connectivity index (χ1) is 11.5. The fourth-order valence-corrected chi connectivity index (χ4v) is 3.23. The van der Waals surface area contributed by atoms with Crippen LogP contribution in [0.15, 0.2) is 29.1 Å². The third-order valence-electron chi connectivity index (χ3n) is 4.20. The average Bonchev–Trinajstić information content (AvgIpc) is 2.57. The van der Waals surface area contributed by atoms with Gasteiger partial charge in [0.25, 0.3) is 5.56 Å². The molecule has 1 aliphatic heterocycles. The predicted molar refractivity (Wildman–Crippen MR) is 91.7 cm³/mol. The van der Waals surface area contributed by atoms with E-state index in [1.807, 2.05) is 0 Å². The monoisotopic (exact) mass is 347 g/mol. The first-order valence-corrected chi connectivity index (χ1v) is 8.34. The Morgan fingerprint density at radius 1 is 1.29 bits per heavy atom. The molecule has 0 amide bonds. The van der Waals surface area contributed by atoms with Crippen molar-refractivity contribution in [1.82, 2.24) is 4.57 Å². The number of nitrogens with zero attached hydrogens (tertiary/aromatic N) is 1. The zero-order valence-electron chi connectivity index (χ0n) is 13.3. The van der Waals surface area contributed by atoms with Crippen molar-refractivity contribution in [2.45, 2.75) is 32.7 Å². The number of aromatic nitrogens is 1. The van der Waals surface area contributed by atoms with Gasteiger partial charge in [-0.05, 0) is 43.9 Å². The summed E-state index contributed by atoms with van der Waals surface area (Å²) in [6.07, 6.45) is 2.30. The third-order valence-corrected chi connectivity index (χ3v) is 4.46. The molecule has 0 aliphatic carbocycles. The molecule has 1 aromatic carbocycles. The van der Waals surface area contributed by atoms with Gasteiger partial charge < -0.3 is 14.4 Å². The van der Waals surface area contributed by atoms with Gasteiger partial charge in [0.15, 0.2) is 0 Å². The molecule has 3 rings (SSSR count). The lowest BCUT2D eigenvalue weighted by Gasteiger charge is -2.23. The van der Waals surface area contributed by atoms with Crippen LogP contribution in [0.4, 0.5) is 0 Å². The van der Waals surface area contributed by atoms with Crippen LogP contribution in [0.3, 0.4) is 0 Å². The van der Waals surface area contributed by atoms with Crippen molar-refractivity contribution in [2.75, 3.05) is 6.61 Å². The van der Waals surface area contributed by atoms with Crippen molar-refractivity contribution in [3.8, 4) is 16.9 Å². The highest BCUT2D eigenvalue weighted by Gasteiger charge is 2.28. The average molecular weight is 348 g/mol. The minimum Gasteiger partial charge on any atom is -0.506 e. The van der Waals surface area contributed by atoms with E-state index in [1.54, 1.807) is 35.8 Å². The quantitative estimate of drug-likeness (QED) is 0.864. The minimum atomic E-state index is -0.601. The Bertz CT molecular complexity index is 840. The molecule has 24 heavy (non-hydrogen) atoms. The van der Waals surface area contributed by atoms with Gasteiger partial charge in [0.05, 0.1) is 12.2 Å². The summed E-state index contributed by atoms with van der Waals surface area (Å²) in [5.74, 6) is -0.912. The maximum atomic E-state index is 12.9. The van der Waals surface area contributed by atoms with Gasteiger partial charge in [-0.2, -0.15) is 0 Å². The van der Waals surface area contributed by atoms with Gasteiger partial charge in [0.2, 0.25) is 0 Å². The molecule has 0 unspecified atom stereocenters. The molecule has 1 aromatic heterocycles. The highest BCUT2D eigenvalue weighted by atomic mass is 35.5. The largest absolute Gasteiger partial charge is 0.506 e. The number of pyridine rings is 1. The van der Waals surface area contributed by atoms with Crippen LogP contribution in [-0.4, -0.2) is 22.2 Å². The van der Waals surface area contributed by atoms with Crippen LogP contribution < -0.4 is 5.56 Å². The van der Waals surface area contributed by atoms with Crippen molar-refractivity contribution < 1.29 is 14.6 Å². The number of halogens is 1. The fraction of sp³-hybridized carbons (Fsp3) is 0.333. The summed E-state index contributed by atoms with van der Waals surface area (Å²) >= 11 is 5.90. The van der Waals surface area contributed by atoms with Crippen LogP contribution >= 0.6 is 11.6 Å². The van der Waals surface area contributed by atoms with Crippen molar-refractivity contribution in [2.24, 2.45) is 0 Å². The molecule has 0 atom stereocenters. The Hall–Kier alpha value is -2.27. The van der Waals surface area contributed by atoms with Gasteiger partial charge in [-0.25, -0.2) is 4.79 Å². The summed E-state index contributed by atoms with van der Waals surface area (Å²) in [6, 6.07) is 6.60. The maximum Gasteiger partial charge on any atom is 0.343 e. The molecular weight excluding hydrogens is 330 g/mol. The van der Waals surface area contributed by atoms with Crippen LogP contribution in [0.1, 0.15) is 35.8 Å². The molecule has 0 saturated heterocycles. The molecule has 126 valence electrons. The number of fused-ring (bicyclic) bond motifs is 1. The number of ether oxygens (including phenoxy) is 1. The maximum absolute atomic E-state index is 12.9.